The molecule has 2 saturated carbocycles. The molecule has 2 aliphatic rings. The van der Waals surface area contributed by atoms with Crippen molar-refractivity contribution in [3.05, 3.63) is 71.5 Å². The lowest BCUT2D eigenvalue weighted by Gasteiger charge is -2.18. The van der Waals surface area contributed by atoms with Crippen molar-refractivity contribution in [1.29, 1.82) is 0 Å². The maximum Gasteiger partial charge on any atom is 0.220 e. The van der Waals surface area contributed by atoms with E-state index >= 15 is 0 Å². The fourth-order valence-electron chi connectivity index (χ4n) is 3.57. The molecule has 2 aliphatic carbocycles. The highest BCUT2D eigenvalue weighted by Gasteiger charge is 2.48. The van der Waals surface area contributed by atoms with Crippen LogP contribution in [-0.4, -0.2) is 5.91 Å². The molecule has 0 aromatic heterocycles. The molecule has 118 valence electrons. The molecule has 4 rings (SSSR count). The lowest BCUT2D eigenvalue weighted by atomic mass is 10.0. The Hall–Kier alpha value is -2.16. The van der Waals surface area contributed by atoms with E-state index in [-0.39, 0.29) is 11.7 Å². The Bertz CT molecular complexity index is 723. The van der Waals surface area contributed by atoms with Crippen molar-refractivity contribution in [3.8, 4) is 0 Å². The number of benzene rings is 2. The van der Waals surface area contributed by atoms with Crippen molar-refractivity contribution < 1.29 is 9.18 Å². The van der Waals surface area contributed by atoms with Crippen LogP contribution < -0.4 is 5.32 Å². The molecule has 0 aliphatic heterocycles. The van der Waals surface area contributed by atoms with Crippen LogP contribution in [0, 0.1) is 11.7 Å². The lowest BCUT2D eigenvalue weighted by Crippen LogP contribution is -2.35. The first-order chi connectivity index (χ1) is 11.2. The number of hydrogen-bond donors (Lipinski definition) is 1. The van der Waals surface area contributed by atoms with Gasteiger partial charge in [0.1, 0.15) is 5.82 Å². The number of carbonyl (C=O) groups is 1. The molecular weight excluding hydrogens is 289 g/mol. The van der Waals surface area contributed by atoms with E-state index in [4.69, 9.17) is 0 Å². The minimum Gasteiger partial charge on any atom is -0.346 e. The van der Waals surface area contributed by atoms with Crippen LogP contribution in [0.15, 0.2) is 54.6 Å². The Balaban J connectivity index is 1.38. The number of rotatable bonds is 5. The van der Waals surface area contributed by atoms with Crippen LogP contribution in [-0.2, 0) is 10.3 Å². The molecule has 0 unspecified atom stereocenters. The van der Waals surface area contributed by atoms with E-state index in [9.17, 15) is 9.18 Å². The molecule has 2 atom stereocenters. The summed E-state index contributed by atoms with van der Waals surface area (Å²) in [5.74, 6) is 0.757. The Morgan fingerprint density at radius 3 is 2.48 bits per heavy atom. The third kappa shape index (κ3) is 2.88. The zero-order chi connectivity index (χ0) is 15.9. The van der Waals surface area contributed by atoms with Crippen molar-refractivity contribution in [2.24, 2.45) is 5.92 Å². The van der Waals surface area contributed by atoms with E-state index in [1.165, 1.54) is 11.6 Å². The van der Waals surface area contributed by atoms with Gasteiger partial charge in [-0.1, -0.05) is 48.5 Å². The summed E-state index contributed by atoms with van der Waals surface area (Å²) >= 11 is 0. The fraction of sp³-hybridized carbons (Fsp3) is 0.350. The van der Waals surface area contributed by atoms with Crippen molar-refractivity contribution >= 4 is 5.91 Å². The summed E-state index contributed by atoms with van der Waals surface area (Å²) in [6, 6.07) is 17.1. The van der Waals surface area contributed by atoms with E-state index in [0.717, 1.165) is 19.3 Å². The second kappa shape index (κ2) is 5.48. The minimum atomic E-state index is -0.459. The molecule has 0 heterocycles. The molecule has 2 aromatic carbocycles. The molecule has 23 heavy (non-hydrogen) atoms. The van der Waals surface area contributed by atoms with Crippen LogP contribution in [0.1, 0.15) is 42.7 Å². The highest BCUT2D eigenvalue weighted by molar-refractivity contribution is 5.78. The second-order valence-electron chi connectivity index (χ2n) is 6.83. The van der Waals surface area contributed by atoms with Gasteiger partial charge in [0.25, 0.3) is 0 Å². The zero-order valence-electron chi connectivity index (χ0n) is 13.0. The molecule has 0 bridgehead atoms. The van der Waals surface area contributed by atoms with E-state index < -0.39 is 5.54 Å². The highest BCUT2D eigenvalue weighted by Crippen LogP contribution is 2.50. The van der Waals surface area contributed by atoms with Gasteiger partial charge in [0.05, 0.1) is 5.54 Å². The maximum absolute atomic E-state index is 14.0. The van der Waals surface area contributed by atoms with Gasteiger partial charge in [-0.2, -0.15) is 0 Å². The molecule has 0 spiro atoms. The molecule has 2 nitrogen and oxygen atoms in total. The first kappa shape index (κ1) is 14.4. The minimum absolute atomic E-state index is 0.0502. The predicted octanol–water partition coefficient (Wildman–Crippen LogP) is 4.12. The normalized spacial score (nSPS) is 24.0. The zero-order valence-corrected chi connectivity index (χ0v) is 13.0. The maximum atomic E-state index is 14.0. The number of amides is 1. The van der Waals surface area contributed by atoms with Gasteiger partial charge in [0.2, 0.25) is 5.91 Å². The van der Waals surface area contributed by atoms with E-state index in [1.807, 2.05) is 24.3 Å². The summed E-state index contributed by atoms with van der Waals surface area (Å²) in [5.41, 5.74) is 1.49. The largest absolute Gasteiger partial charge is 0.346 e. The summed E-state index contributed by atoms with van der Waals surface area (Å²) in [4.78, 5) is 12.4. The monoisotopic (exact) mass is 309 g/mol. The average molecular weight is 309 g/mol. The molecular formula is C20H20FNO. The Labute approximate surface area is 135 Å². The van der Waals surface area contributed by atoms with Gasteiger partial charge in [0, 0.05) is 12.0 Å². The fourth-order valence-corrected chi connectivity index (χ4v) is 3.57. The molecule has 0 radical (unpaired) electrons. The smallest absolute Gasteiger partial charge is 0.220 e. The van der Waals surface area contributed by atoms with Gasteiger partial charge in [-0.15, -0.1) is 0 Å². The SMILES string of the molecule is O=C(C[C@@H]1C[C@H]1c1ccccc1)NC1(c2ccccc2F)CC1. The number of carbonyl (C=O) groups excluding carboxylic acids is 1. The summed E-state index contributed by atoms with van der Waals surface area (Å²) in [7, 11) is 0. The summed E-state index contributed by atoms with van der Waals surface area (Å²) in [6.07, 6.45) is 3.26. The lowest BCUT2D eigenvalue weighted by molar-refractivity contribution is -0.122. The molecule has 3 heteroatoms. The average Bonchev–Trinajstić information content (AvgIpc) is 3.46. The Morgan fingerprint density at radius 2 is 1.78 bits per heavy atom. The van der Waals surface area contributed by atoms with E-state index in [1.54, 1.807) is 12.1 Å². The van der Waals surface area contributed by atoms with Crippen LogP contribution in [0.4, 0.5) is 4.39 Å². The molecule has 2 fully saturated rings. The second-order valence-corrected chi connectivity index (χ2v) is 6.83. The number of nitrogens with one attached hydrogen (secondary N) is 1. The summed E-state index contributed by atoms with van der Waals surface area (Å²) in [5, 5.41) is 3.09. The summed E-state index contributed by atoms with van der Waals surface area (Å²) in [6.45, 7) is 0. The van der Waals surface area contributed by atoms with E-state index in [2.05, 4.69) is 17.4 Å². The molecule has 0 saturated heterocycles. The van der Waals surface area contributed by atoms with Gasteiger partial charge in [-0.05, 0) is 42.7 Å². The van der Waals surface area contributed by atoms with Gasteiger partial charge < -0.3 is 5.32 Å². The van der Waals surface area contributed by atoms with Gasteiger partial charge in [-0.25, -0.2) is 4.39 Å². The van der Waals surface area contributed by atoms with Crippen molar-refractivity contribution in [3.63, 3.8) is 0 Å². The van der Waals surface area contributed by atoms with Crippen LogP contribution in [0.2, 0.25) is 0 Å². The Kier molecular flexibility index (Phi) is 3.44. The third-order valence-corrected chi connectivity index (χ3v) is 5.12. The number of halogens is 1. The van der Waals surface area contributed by atoms with Gasteiger partial charge >= 0.3 is 0 Å². The topological polar surface area (TPSA) is 29.1 Å². The van der Waals surface area contributed by atoms with Crippen LogP contribution in [0.25, 0.3) is 0 Å². The molecule has 1 N–H and O–H groups in total. The first-order valence-corrected chi connectivity index (χ1v) is 8.29. The van der Waals surface area contributed by atoms with Gasteiger partial charge in [-0.3, -0.25) is 4.79 Å². The van der Waals surface area contributed by atoms with Crippen molar-refractivity contribution in [2.45, 2.75) is 37.1 Å². The van der Waals surface area contributed by atoms with Crippen LogP contribution in [0.5, 0.6) is 0 Å². The highest BCUT2D eigenvalue weighted by atomic mass is 19.1. The first-order valence-electron chi connectivity index (χ1n) is 8.29. The van der Waals surface area contributed by atoms with Crippen molar-refractivity contribution in [2.75, 3.05) is 0 Å². The van der Waals surface area contributed by atoms with Crippen LogP contribution >= 0.6 is 0 Å². The molecule has 1 amide bonds. The summed E-state index contributed by atoms with van der Waals surface area (Å²) < 4.78 is 14.0. The molecule has 2 aromatic rings. The van der Waals surface area contributed by atoms with E-state index in [0.29, 0.717) is 23.8 Å². The van der Waals surface area contributed by atoms with Crippen LogP contribution in [0.3, 0.4) is 0 Å². The Morgan fingerprint density at radius 1 is 1.09 bits per heavy atom. The quantitative estimate of drug-likeness (QED) is 0.884. The third-order valence-electron chi connectivity index (χ3n) is 5.12. The van der Waals surface area contributed by atoms with Gasteiger partial charge in [0.15, 0.2) is 0 Å². The number of hydrogen-bond acceptors (Lipinski definition) is 1. The van der Waals surface area contributed by atoms with Crippen molar-refractivity contribution in [1.82, 2.24) is 5.32 Å². The standard InChI is InChI=1S/C20H20FNO/c21-18-9-5-4-8-17(18)20(10-11-20)22-19(23)13-15-12-16(15)14-6-2-1-3-7-14/h1-9,15-16H,10-13H2,(H,22,23)/t15-,16-/m0/s1. The predicted molar refractivity (Wildman–Crippen MR) is 87.4 cm³/mol.